The van der Waals surface area contributed by atoms with Gasteiger partial charge < -0.3 is 4.74 Å². The number of Topliss-reactive ketones (excluding diaryl/α,β-unsaturated/α-hetero) is 3. The van der Waals surface area contributed by atoms with Crippen molar-refractivity contribution in [3.63, 3.8) is 0 Å². The Kier molecular flexibility index (Phi) is 6.39. The molecule has 0 amide bonds. The predicted molar refractivity (Wildman–Crippen MR) is 79.8 cm³/mol. The number of rotatable bonds is 4. The molecule has 0 aromatic heterocycles. The van der Waals surface area contributed by atoms with E-state index in [4.69, 9.17) is 0 Å². The fourth-order valence-electron chi connectivity index (χ4n) is 2.52. The molecular formula is C13H10Br2F6O5. The predicted octanol–water partition coefficient (Wildman–Crippen LogP) is 3.06. The molecule has 1 aliphatic rings. The number of esters is 1. The lowest BCUT2D eigenvalue weighted by Gasteiger charge is -2.41. The quantitative estimate of drug-likeness (QED) is 0.247. The van der Waals surface area contributed by atoms with Gasteiger partial charge in [-0.25, -0.2) is 0 Å². The van der Waals surface area contributed by atoms with E-state index in [9.17, 15) is 45.5 Å². The molecule has 1 rings (SSSR count). The van der Waals surface area contributed by atoms with Crippen molar-refractivity contribution >= 4 is 55.2 Å². The second kappa shape index (κ2) is 7.21. The van der Waals surface area contributed by atoms with Crippen LogP contribution in [0.3, 0.4) is 0 Å². The Morgan fingerprint density at radius 1 is 1.00 bits per heavy atom. The van der Waals surface area contributed by atoms with Gasteiger partial charge in [-0.15, -0.1) is 0 Å². The van der Waals surface area contributed by atoms with E-state index in [1.54, 1.807) is 0 Å². The molecular weight excluding hydrogens is 510 g/mol. The summed E-state index contributed by atoms with van der Waals surface area (Å²) in [6.07, 6.45) is -13.4. The highest BCUT2D eigenvalue weighted by Gasteiger charge is 2.69. The van der Waals surface area contributed by atoms with Gasteiger partial charge >= 0.3 is 18.3 Å². The number of ketones is 3. The van der Waals surface area contributed by atoms with E-state index in [2.05, 4.69) is 36.6 Å². The molecule has 148 valence electrons. The van der Waals surface area contributed by atoms with Crippen LogP contribution in [0.2, 0.25) is 0 Å². The Morgan fingerprint density at radius 3 is 1.62 bits per heavy atom. The van der Waals surface area contributed by atoms with Crippen molar-refractivity contribution in [3.8, 4) is 0 Å². The molecule has 5 nitrogen and oxygen atoms in total. The molecule has 1 unspecified atom stereocenters. The third-order valence-corrected chi connectivity index (χ3v) is 5.72. The molecule has 3 atom stereocenters. The van der Waals surface area contributed by atoms with Gasteiger partial charge in [-0.1, -0.05) is 31.9 Å². The molecule has 26 heavy (non-hydrogen) atoms. The Morgan fingerprint density at radius 2 is 1.35 bits per heavy atom. The average molecular weight is 520 g/mol. The molecule has 0 aromatic rings. The van der Waals surface area contributed by atoms with Crippen LogP contribution in [0.5, 0.6) is 0 Å². The van der Waals surface area contributed by atoms with Crippen LogP contribution in [-0.4, -0.2) is 50.9 Å². The van der Waals surface area contributed by atoms with Gasteiger partial charge in [0.05, 0.1) is 12.5 Å². The maximum absolute atomic E-state index is 12.8. The van der Waals surface area contributed by atoms with E-state index in [-0.39, 0.29) is 6.61 Å². The van der Waals surface area contributed by atoms with Gasteiger partial charge in [-0.3, -0.25) is 19.2 Å². The fraction of sp³-hybridized carbons (Fsp3) is 0.692. The molecule has 0 saturated heterocycles. The second-order valence-electron chi connectivity index (χ2n) is 5.44. The summed E-state index contributed by atoms with van der Waals surface area (Å²) >= 11 is 4.51. The van der Waals surface area contributed by atoms with E-state index in [0.717, 1.165) is 0 Å². The van der Waals surface area contributed by atoms with Gasteiger partial charge in [0.15, 0.2) is 14.4 Å². The first kappa shape index (κ1) is 23.1. The van der Waals surface area contributed by atoms with Crippen LogP contribution in [-0.2, 0) is 23.9 Å². The van der Waals surface area contributed by atoms with E-state index >= 15 is 0 Å². The lowest BCUT2D eigenvalue weighted by molar-refractivity contribution is -0.181. The topological polar surface area (TPSA) is 77.5 Å². The highest BCUT2D eigenvalue weighted by atomic mass is 79.9. The third-order valence-electron chi connectivity index (χ3n) is 3.63. The van der Waals surface area contributed by atoms with Crippen LogP contribution >= 0.6 is 31.9 Å². The standard InChI is InChI=1S/C13H10Br2F6O5/c1-2-26-6(22)5-3-10(14,8(24)12(16,17)18)7(23)11(15,4-5)9(25)13(19,20)21/h5H,2-4H2,1H3/t5?,10-,11+. The molecule has 0 aliphatic heterocycles. The number of ether oxygens (including phenoxy) is 1. The largest absolute Gasteiger partial charge is 0.466 e. The first-order chi connectivity index (χ1) is 11.5. The van der Waals surface area contributed by atoms with Crippen LogP contribution < -0.4 is 0 Å². The lowest BCUT2D eigenvalue weighted by atomic mass is 9.70. The summed E-state index contributed by atoms with van der Waals surface area (Å²) < 4.78 is 75.1. The molecule has 1 fully saturated rings. The Labute approximate surface area is 159 Å². The van der Waals surface area contributed by atoms with E-state index in [0.29, 0.717) is 0 Å². The molecule has 1 aliphatic carbocycles. The number of hydrogen-bond donors (Lipinski definition) is 0. The molecule has 13 heteroatoms. The zero-order valence-corrected chi connectivity index (χ0v) is 15.9. The van der Waals surface area contributed by atoms with Crippen LogP contribution in [0.1, 0.15) is 19.8 Å². The minimum atomic E-state index is -5.61. The zero-order chi connectivity index (χ0) is 20.7. The zero-order valence-electron chi connectivity index (χ0n) is 12.8. The molecule has 0 radical (unpaired) electrons. The maximum atomic E-state index is 12.8. The summed E-state index contributed by atoms with van der Waals surface area (Å²) in [6, 6.07) is 0. The highest BCUT2D eigenvalue weighted by molar-refractivity contribution is 9.11. The van der Waals surface area contributed by atoms with Crippen LogP contribution in [0.4, 0.5) is 26.3 Å². The van der Waals surface area contributed by atoms with Gasteiger partial charge in [-0.2, -0.15) is 26.3 Å². The third kappa shape index (κ3) is 4.12. The summed E-state index contributed by atoms with van der Waals surface area (Å²) in [4.78, 5) is 47.6. The highest BCUT2D eigenvalue weighted by Crippen LogP contribution is 2.50. The summed E-state index contributed by atoms with van der Waals surface area (Å²) in [7, 11) is 0. The number of alkyl halides is 8. The number of hydrogen-bond acceptors (Lipinski definition) is 5. The summed E-state index contributed by atoms with van der Waals surface area (Å²) in [5.41, 5.74) is 0. The average Bonchev–Trinajstić information content (AvgIpc) is 2.49. The number of halogens is 8. The fourth-order valence-corrected chi connectivity index (χ4v) is 4.69. The molecule has 1 saturated carbocycles. The smallest absolute Gasteiger partial charge is 0.451 e. The van der Waals surface area contributed by atoms with Crippen molar-refractivity contribution in [1.29, 1.82) is 0 Å². The molecule has 0 N–H and O–H groups in total. The van der Waals surface area contributed by atoms with Crippen molar-refractivity contribution in [3.05, 3.63) is 0 Å². The van der Waals surface area contributed by atoms with Gasteiger partial charge in [0, 0.05) is 0 Å². The van der Waals surface area contributed by atoms with E-state index < -0.39 is 63.1 Å². The normalized spacial score (nSPS) is 30.0. The lowest BCUT2D eigenvalue weighted by Crippen LogP contribution is -2.64. The minimum Gasteiger partial charge on any atom is -0.466 e. The van der Waals surface area contributed by atoms with Gasteiger partial charge in [0.2, 0.25) is 0 Å². The second-order valence-corrected chi connectivity index (χ2v) is 8.15. The molecule has 0 heterocycles. The minimum absolute atomic E-state index is 0.256. The van der Waals surface area contributed by atoms with Crippen LogP contribution in [0.15, 0.2) is 0 Å². The first-order valence-corrected chi connectivity index (χ1v) is 8.43. The Balaban J connectivity index is 3.53. The van der Waals surface area contributed by atoms with Crippen molar-refractivity contribution in [2.24, 2.45) is 5.92 Å². The monoisotopic (exact) mass is 518 g/mol. The number of carbonyl (C=O) groups excluding carboxylic acids is 4. The Bertz CT molecular complexity index is 602. The Hall–Kier alpha value is -0.980. The van der Waals surface area contributed by atoms with E-state index in [1.165, 1.54) is 6.92 Å². The maximum Gasteiger partial charge on any atom is 0.451 e. The van der Waals surface area contributed by atoms with E-state index in [1.807, 2.05) is 0 Å². The first-order valence-electron chi connectivity index (χ1n) is 6.84. The van der Waals surface area contributed by atoms with Crippen molar-refractivity contribution in [2.45, 2.75) is 40.8 Å². The van der Waals surface area contributed by atoms with Crippen molar-refractivity contribution in [1.82, 2.24) is 0 Å². The summed E-state index contributed by atoms with van der Waals surface area (Å²) in [6.45, 7) is 1.07. The van der Waals surface area contributed by atoms with Crippen LogP contribution in [0.25, 0.3) is 0 Å². The SMILES string of the molecule is CCOC(=O)C1C[C@@](Br)(C(=O)C(F)(F)F)C(=O)[C@@](Br)(C(=O)C(F)(F)F)C1. The number of carbonyl (C=O) groups is 4. The van der Waals surface area contributed by atoms with Gasteiger partial charge in [-0.05, 0) is 19.8 Å². The molecule has 0 spiro atoms. The molecule has 0 aromatic carbocycles. The summed E-state index contributed by atoms with van der Waals surface area (Å²) in [5, 5.41) is 0. The van der Waals surface area contributed by atoms with Crippen molar-refractivity contribution in [2.75, 3.05) is 6.61 Å². The van der Waals surface area contributed by atoms with Gasteiger partial charge in [0.25, 0.3) is 11.6 Å². The summed E-state index contributed by atoms with van der Waals surface area (Å²) in [5.74, 6) is -10.4. The van der Waals surface area contributed by atoms with Crippen LogP contribution in [0, 0.1) is 5.92 Å². The van der Waals surface area contributed by atoms with Gasteiger partial charge in [0.1, 0.15) is 0 Å². The van der Waals surface area contributed by atoms with Crippen molar-refractivity contribution < 1.29 is 50.3 Å². The molecule has 0 bridgehead atoms.